The molecule has 0 aromatic heterocycles. The molecule has 1 atom stereocenters. The number of likely N-dealkylation sites (N-methyl/N-ethyl adjacent to an activating group) is 2. The van der Waals surface area contributed by atoms with E-state index < -0.39 is 0 Å². The maximum Gasteiger partial charge on any atom is 0.116 e. The Bertz CT molecular complexity index is 185. The molecule has 0 aromatic rings. The third-order valence-corrected chi connectivity index (χ3v) is 2.30. The number of amidine groups is 1. The molecular weight excluding hydrogens is 162 g/mol. The van der Waals surface area contributed by atoms with Gasteiger partial charge in [-0.1, -0.05) is 6.92 Å². The molecule has 1 heterocycles. The van der Waals surface area contributed by atoms with Crippen LogP contribution in [-0.2, 0) is 0 Å². The van der Waals surface area contributed by atoms with E-state index in [1.165, 1.54) is 12.3 Å². The van der Waals surface area contributed by atoms with Gasteiger partial charge in [0.2, 0.25) is 0 Å². The number of aliphatic imine (C=N–C) groups is 1. The van der Waals surface area contributed by atoms with E-state index in [0.29, 0.717) is 12.1 Å². The number of rotatable bonds is 3. The van der Waals surface area contributed by atoms with Crippen molar-refractivity contribution in [2.45, 2.75) is 39.3 Å². The molecule has 0 aliphatic carbocycles. The average molecular weight is 183 g/mol. The Hall–Kier alpha value is -0.570. The number of hydrogen-bond donors (Lipinski definition) is 1. The summed E-state index contributed by atoms with van der Waals surface area (Å²) in [4.78, 5) is 6.89. The SMILES string of the molecule is CCNC1CCN(C)C1=NC(C)C. The lowest BCUT2D eigenvalue weighted by Gasteiger charge is -2.17. The molecule has 3 nitrogen and oxygen atoms in total. The Morgan fingerprint density at radius 1 is 1.62 bits per heavy atom. The smallest absolute Gasteiger partial charge is 0.116 e. The first-order valence-electron chi connectivity index (χ1n) is 5.17. The second-order valence-electron chi connectivity index (χ2n) is 3.90. The molecule has 1 rings (SSSR count). The minimum absolute atomic E-state index is 0.400. The van der Waals surface area contributed by atoms with Crippen molar-refractivity contribution in [3.05, 3.63) is 0 Å². The van der Waals surface area contributed by atoms with E-state index in [1.807, 2.05) is 0 Å². The highest BCUT2D eigenvalue weighted by atomic mass is 15.2. The normalized spacial score (nSPS) is 26.4. The van der Waals surface area contributed by atoms with Crippen LogP contribution in [0.25, 0.3) is 0 Å². The maximum absolute atomic E-state index is 4.64. The minimum Gasteiger partial charge on any atom is -0.362 e. The van der Waals surface area contributed by atoms with E-state index in [0.717, 1.165) is 13.1 Å². The van der Waals surface area contributed by atoms with Gasteiger partial charge in [0.15, 0.2) is 0 Å². The molecule has 1 fully saturated rings. The highest BCUT2D eigenvalue weighted by Crippen LogP contribution is 2.11. The van der Waals surface area contributed by atoms with Gasteiger partial charge in [0.1, 0.15) is 5.84 Å². The first-order chi connectivity index (χ1) is 6.15. The molecule has 0 spiro atoms. The highest BCUT2D eigenvalue weighted by molar-refractivity contribution is 5.89. The average Bonchev–Trinajstić information content (AvgIpc) is 2.36. The van der Waals surface area contributed by atoms with Crippen LogP contribution in [-0.4, -0.2) is 43.0 Å². The Balaban J connectivity index is 2.65. The molecule has 1 saturated heterocycles. The quantitative estimate of drug-likeness (QED) is 0.709. The summed E-state index contributed by atoms with van der Waals surface area (Å²) in [6.07, 6.45) is 1.19. The van der Waals surface area contributed by atoms with Gasteiger partial charge >= 0.3 is 0 Å². The maximum atomic E-state index is 4.64. The molecule has 13 heavy (non-hydrogen) atoms. The zero-order valence-corrected chi connectivity index (χ0v) is 9.17. The second kappa shape index (κ2) is 4.61. The van der Waals surface area contributed by atoms with Crippen molar-refractivity contribution < 1.29 is 0 Å². The van der Waals surface area contributed by atoms with Crippen LogP contribution in [0, 0.1) is 0 Å². The van der Waals surface area contributed by atoms with E-state index in [2.05, 4.69) is 43.0 Å². The van der Waals surface area contributed by atoms with Crippen LogP contribution in [0.1, 0.15) is 27.2 Å². The molecule has 0 bridgehead atoms. The van der Waals surface area contributed by atoms with Gasteiger partial charge in [-0.3, -0.25) is 4.99 Å². The van der Waals surface area contributed by atoms with Crippen molar-refractivity contribution in [3.63, 3.8) is 0 Å². The number of likely N-dealkylation sites (tertiary alicyclic amines) is 1. The van der Waals surface area contributed by atoms with E-state index in [1.54, 1.807) is 0 Å². The van der Waals surface area contributed by atoms with Crippen molar-refractivity contribution in [2.24, 2.45) is 4.99 Å². The number of hydrogen-bond acceptors (Lipinski definition) is 2. The molecule has 0 radical (unpaired) electrons. The minimum atomic E-state index is 0.400. The monoisotopic (exact) mass is 183 g/mol. The second-order valence-corrected chi connectivity index (χ2v) is 3.90. The van der Waals surface area contributed by atoms with Crippen LogP contribution in [0.5, 0.6) is 0 Å². The lowest BCUT2D eigenvalue weighted by Crippen LogP contribution is -2.37. The van der Waals surface area contributed by atoms with Gasteiger partial charge in [-0.15, -0.1) is 0 Å². The van der Waals surface area contributed by atoms with Crippen molar-refractivity contribution in [2.75, 3.05) is 20.1 Å². The highest BCUT2D eigenvalue weighted by Gasteiger charge is 2.25. The summed E-state index contributed by atoms with van der Waals surface area (Å²) in [6.45, 7) is 8.55. The molecule has 1 aliphatic heterocycles. The van der Waals surface area contributed by atoms with Gasteiger partial charge < -0.3 is 10.2 Å². The Labute approximate surface area is 81.2 Å². The molecule has 3 heteroatoms. The fourth-order valence-corrected chi connectivity index (χ4v) is 1.73. The van der Waals surface area contributed by atoms with Crippen LogP contribution in [0.2, 0.25) is 0 Å². The summed E-state index contributed by atoms with van der Waals surface area (Å²) in [5.74, 6) is 1.23. The predicted octanol–water partition coefficient (Wildman–Crippen LogP) is 1.11. The third-order valence-electron chi connectivity index (χ3n) is 2.30. The van der Waals surface area contributed by atoms with Gasteiger partial charge in [0, 0.05) is 19.6 Å². The van der Waals surface area contributed by atoms with Crippen molar-refractivity contribution >= 4 is 5.84 Å². The first-order valence-corrected chi connectivity index (χ1v) is 5.17. The Kier molecular flexibility index (Phi) is 3.72. The van der Waals surface area contributed by atoms with Crippen molar-refractivity contribution in [1.29, 1.82) is 0 Å². The van der Waals surface area contributed by atoms with Crippen LogP contribution >= 0.6 is 0 Å². The third kappa shape index (κ3) is 2.69. The van der Waals surface area contributed by atoms with Crippen LogP contribution in [0.4, 0.5) is 0 Å². The van der Waals surface area contributed by atoms with E-state index >= 15 is 0 Å². The zero-order valence-electron chi connectivity index (χ0n) is 9.17. The lowest BCUT2D eigenvalue weighted by molar-refractivity contribution is 0.542. The van der Waals surface area contributed by atoms with E-state index in [4.69, 9.17) is 0 Å². The van der Waals surface area contributed by atoms with Crippen LogP contribution in [0.3, 0.4) is 0 Å². The summed E-state index contributed by atoms with van der Waals surface area (Å²) in [5.41, 5.74) is 0. The van der Waals surface area contributed by atoms with E-state index in [9.17, 15) is 0 Å². The fraction of sp³-hybridized carbons (Fsp3) is 0.900. The van der Waals surface area contributed by atoms with Gasteiger partial charge in [-0.05, 0) is 26.8 Å². The fourth-order valence-electron chi connectivity index (χ4n) is 1.73. The molecule has 0 saturated carbocycles. The standard InChI is InChI=1S/C10H21N3/c1-5-11-9-6-7-13(4)10(9)12-8(2)3/h8-9,11H,5-7H2,1-4H3. The molecular formula is C10H21N3. The van der Waals surface area contributed by atoms with Crippen molar-refractivity contribution in [3.8, 4) is 0 Å². The van der Waals surface area contributed by atoms with Gasteiger partial charge in [-0.2, -0.15) is 0 Å². The summed E-state index contributed by atoms with van der Waals surface area (Å²) >= 11 is 0. The molecule has 1 unspecified atom stereocenters. The summed E-state index contributed by atoms with van der Waals surface area (Å²) in [5, 5.41) is 3.46. The predicted molar refractivity (Wildman–Crippen MR) is 57.3 cm³/mol. The number of nitrogens with one attached hydrogen (secondary N) is 1. The van der Waals surface area contributed by atoms with Gasteiger partial charge in [0.05, 0.1) is 6.04 Å². The van der Waals surface area contributed by atoms with E-state index in [-0.39, 0.29) is 0 Å². The Morgan fingerprint density at radius 2 is 2.31 bits per heavy atom. The molecule has 0 aromatic carbocycles. The van der Waals surface area contributed by atoms with Gasteiger partial charge in [-0.25, -0.2) is 0 Å². The topological polar surface area (TPSA) is 27.6 Å². The summed E-state index contributed by atoms with van der Waals surface area (Å²) in [7, 11) is 2.12. The molecule has 76 valence electrons. The zero-order chi connectivity index (χ0) is 9.84. The van der Waals surface area contributed by atoms with Crippen LogP contribution < -0.4 is 5.32 Å². The largest absolute Gasteiger partial charge is 0.362 e. The Morgan fingerprint density at radius 3 is 2.85 bits per heavy atom. The molecule has 0 amide bonds. The first kappa shape index (κ1) is 10.5. The number of nitrogens with zero attached hydrogens (tertiary/aromatic N) is 2. The van der Waals surface area contributed by atoms with Crippen molar-refractivity contribution in [1.82, 2.24) is 10.2 Å². The molecule has 1 aliphatic rings. The van der Waals surface area contributed by atoms with Gasteiger partial charge in [0.25, 0.3) is 0 Å². The summed E-state index contributed by atoms with van der Waals surface area (Å²) < 4.78 is 0. The molecule has 1 N–H and O–H groups in total. The van der Waals surface area contributed by atoms with Crippen LogP contribution in [0.15, 0.2) is 4.99 Å². The lowest BCUT2D eigenvalue weighted by atomic mass is 10.2. The summed E-state index contributed by atoms with van der Waals surface area (Å²) in [6, 6.07) is 0.883.